The molecule has 3 fully saturated rings. The lowest BCUT2D eigenvalue weighted by Gasteiger charge is -2.58. The molecule has 5 heteroatoms. The van der Waals surface area contributed by atoms with Gasteiger partial charge < -0.3 is 15.5 Å². The van der Waals surface area contributed by atoms with Crippen molar-refractivity contribution < 1.29 is 19.8 Å². The largest absolute Gasteiger partial charge is 0.481 e. The first kappa shape index (κ1) is 23.8. The van der Waals surface area contributed by atoms with Crippen molar-refractivity contribution in [2.45, 2.75) is 97.5 Å². The van der Waals surface area contributed by atoms with Crippen LogP contribution >= 0.6 is 0 Å². The molecule has 0 bridgehead atoms. The summed E-state index contributed by atoms with van der Waals surface area (Å²) in [6.07, 6.45) is 12.8. The van der Waals surface area contributed by atoms with E-state index in [4.69, 9.17) is 5.11 Å². The molecule has 4 aliphatic carbocycles. The molecule has 0 aromatic rings. The molecule has 0 radical (unpaired) electrons. The van der Waals surface area contributed by atoms with Gasteiger partial charge in [-0.15, -0.1) is 0 Å². The maximum Gasteiger partial charge on any atom is 0.303 e. The van der Waals surface area contributed by atoms with Crippen molar-refractivity contribution in [1.29, 1.82) is 0 Å². The van der Waals surface area contributed by atoms with Crippen LogP contribution in [0.4, 0.5) is 0 Å². The van der Waals surface area contributed by atoms with E-state index in [1.807, 2.05) is 0 Å². The molecule has 0 aromatic carbocycles. The van der Waals surface area contributed by atoms with Crippen molar-refractivity contribution in [3.63, 3.8) is 0 Å². The molecular formula is C27H43NO4. The monoisotopic (exact) mass is 445 g/mol. The summed E-state index contributed by atoms with van der Waals surface area (Å²) in [5.74, 6) is 1.95. The van der Waals surface area contributed by atoms with E-state index in [0.717, 1.165) is 44.4 Å². The third-order valence-corrected chi connectivity index (χ3v) is 10.3. The van der Waals surface area contributed by atoms with Gasteiger partial charge in [0.25, 0.3) is 0 Å². The number of aliphatic carboxylic acids is 1. The lowest BCUT2D eigenvalue weighted by molar-refractivity contribution is -0.137. The summed E-state index contributed by atoms with van der Waals surface area (Å²) in [7, 11) is 0. The molecule has 3 N–H and O–H groups in total. The first-order chi connectivity index (χ1) is 15.2. The summed E-state index contributed by atoms with van der Waals surface area (Å²) in [4.78, 5) is 23.6. The SMILES string of the molecule is C[C@H](C(=O)NCCCCC(=O)O)[C@H]1CC[C@H]2C3CC=C4C[C@@H](O)CC[C@]4(C)[C@H]3CC[C@]12C. The van der Waals surface area contributed by atoms with Crippen LogP contribution in [0, 0.1) is 40.4 Å². The fourth-order valence-electron chi connectivity index (χ4n) is 8.46. The standard InChI is InChI=1S/C27H43NO4/c1-17(25(32)28-15-5-4-6-24(30)31)21-9-10-22-20-8-7-18-16-19(29)11-13-26(18,2)23(20)12-14-27(21,22)3/h7,17,19-23,29H,4-6,8-16H2,1-3H3,(H,28,32)(H,30,31)/t17-,19-,20?,21+,22-,23-,26-,27+/m0/s1. The van der Waals surface area contributed by atoms with Crippen LogP contribution in [0.5, 0.6) is 0 Å². The van der Waals surface area contributed by atoms with E-state index >= 15 is 0 Å². The van der Waals surface area contributed by atoms with Crippen LogP contribution in [-0.2, 0) is 9.59 Å². The van der Waals surface area contributed by atoms with E-state index in [9.17, 15) is 14.7 Å². The van der Waals surface area contributed by atoms with Crippen molar-refractivity contribution in [2.75, 3.05) is 6.54 Å². The number of carboxylic acids is 1. The van der Waals surface area contributed by atoms with Gasteiger partial charge in [-0.05, 0) is 98.7 Å². The number of nitrogens with one attached hydrogen (secondary N) is 1. The van der Waals surface area contributed by atoms with Gasteiger partial charge in [0.15, 0.2) is 0 Å². The van der Waals surface area contributed by atoms with Crippen LogP contribution in [0.3, 0.4) is 0 Å². The number of fused-ring (bicyclic) bond motifs is 5. The number of carbonyl (C=O) groups excluding carboxylic acids is 1. The Labute approximate surface area is 193 Å². The van der Waals surface area contributed by atoms with Gasteiger partial charge >= 0.3 is 5.97 Å². The van der Waals surface area contributed by atoms with Crippen molar-refractivity contribution in [3.8, 4) is 0 Å². The van der Waals surface area contributed by atoms with Crippen molar-refractivity contribution in [1.82, 2.24) is 5.32 Å². The molecule has 32 heavy (non-hydrogen) atoms. The summed E-state index contributed by atoms with van der Waals surface area (Å²) < 4.78 is 0. The number of hydrogen-bond acceptors (Lipinski definition) is 3. The quantitative estimate of drug-likeness (QED) is 0.383. The molecule has 0 aliphatic heterocycles. The lowest BCUT2D eigenvalue weighted by Crippen LogP contribution is -2.51. The number of rotatable bonds is 7. The summed E-state index contributed by atoms with van der Waals surface area (Å²) in [6.45, 7) is 7.62. The average Bonchev–Trinajstić information content (AvgIpc) is 3.10. The van der Waals surface area contributed by atoms with Crippen LogP contribution < -0.4 is 5.32 Å². The molecule has 180 valence electrons. The zero-order valence-electron chi connectivity index (χ0n) is 20.2. The Kier molecular flexibility index (Phi) is 6.78. The fraction of sp³-hybridized carbons (Fsp3) is 0.852. The smallest absolute Gasteiger partial charge is 0.303 e. The van der Waals surface area contributed by atoms with E-state index in [-0.39, 0.29) is 35.2 Å². The van der Waals surface area contributed by atoms with Crippen molar-refractivity contribution in [2.24, 2.45) is 40.4 Å². The topological polar surface area (TPSA) is 86.6 Å². The van der Waals surface area contributed by atoms with Gasteiger partial charge in [0.2, 0.25) is 5.91 Å². The first-order valence-corrected chi connectivity index (χ1v) is 13.0. The van der Waals surface area contributed by atoms with Gasteiger partial charge in [-0.1, -0.05) is 32.4 Å². The third kappa shape index (κ3) is 4.15. The highest BCUT2D eigenvalue weighted by molar-refractivity contribution is 5.78. The third-order valence-electron chi connectivity index (χ3n) is 10.3. The minimum atomic E-state index is -0.770. The van der Waals surface area contributed by atoms with E-state index in [1.54, 1.807) is 0 Å². The Morgan fingerprint density at radius 3 is 2.66 bits per heavy atom. The normalized spacial score (nSPS) is 41.6. The number of unbranched alkanes of at least 4 members (excludes halogenated alkanes) is 1. The number of carbonyl (C=O) groups is 2. The molecule has 1 amide bonds. The number of allylic oxidation sites excluding steroid dienone is 1. The molecule has 1 unspecified atom stereocenters. The second-order valence-corrected chi connectivity index (χ2v) is 11.8. The fourth-order valence-corrected chi connectivity index (χ4v) is 8.46. The van der Waals surface area contributed by atoms with Gasteiger partial charge in [-0.25, -0.2) is 0 Å². The van der Waals surface area contributed by atoms with Crippen LogP contribution in [0.15, 0.2) is 11.6 Å². The minimum absolute atomic E-state index is 0.0103. The predicted molar refractivity (Wildman–Crippen MR) is 125 cm³/mol. The Balaban J connectivity index is 1.40. The van der Waals surface area contributed by atoms with Crippen molar-refractivity contribution >= 4 is 11.9 Å². The number of amides is 1. The second-order valence-electron chi connectivity index (χ2n) is 11.8. The summed E-state index contributed by atoms with van der Waals surface area (Å²) >= 11 is 0. The predicted octanol–water partition coefficient (Wildman–Crippen LogP) is 4.93. The summed E-state index contributed by atoms with van der Waals surface area (Å²) in [5.41, 5.74) is 2.02. The maximum absolute atomic E-state index is 12.9. The van der Waals surface area contributed by atoms with E-state index < -0.39 is 5.97 Å². The van der Waals surface area contributed by atoms with Crippen LogP contribution in [0.25, 0.3) is 0 Å². The molecule has 0 saturated heterocycles. The Morgan fingerprint density at radius 2 is 1.91 bits per heavy atom. The van der Waals surface area contributed by atoms with Crippen LogP contribution in [0.2, 0.25) is 0 Å². The lowest BCUT2D eigenvalue weighted by atomic mass is 9.47. The zero-order chi connectivity index (χ0) is 23.1. The van der Waals surface area contributed by atoms with Gasteiger partial charge in [-0.3, -0.25) is 9.59 Å². The highest BCUT2D eigenvalue weighted by atomic mass is 16.4. The van der Waals surface area contributed by atoms with Crippen molar-refractivity contribution in [3.05, 3.63) is 11.6 Å². The molecule has 5 nitrogen and oxygen atoms in total. The maximum atomic E-state index is 12.9. The highest BCUT2D eigenvalue weighted by Crippen LogP contribution is 2.67. The van der Waals surface area contributed by atoms with E-state index in [2.05, 4.69) is 32.2 Å². The number of carboxylic acid groups (broad SMARTS) is 1. The number of aliphatic hydroxyl groups is 1. The first-order valence-electron chi connectivity index (χ1n) is 13.0. The molecule has 4 rings (SSSR count). The molecule has 0 aromatic heterocycles. The highest BCUT2D eigenvalue weighted by Gasteiger charge is 2.59. The second kappa shape index (κ2) is 9.12. The molecule has 4 aliphatic rings. The van der Waals surface area contributed by atoms with E-state index in [1.165, 1.54) is 24.8 Å². The van der Waals surface area contributed by atoms with Gasteiger partial charge in [-0.2, -0.15) is 0 Å². The Bertz CT molecular complexity index is 763. The average molecular weight is 446 g/mol. The van der Waals surface area contributed by atoms with E-state index in [0.29, 0.717) is 30.7 Å². The zero-order valence-corrected chi connectivity index (χ0v) is 20.2. The summed E-state index contributed by atoms with van der Waals surface area (Å²) in [5, 5.41) is 22.1. The summed E-state index contributed by atoms with van der Waals surface area (Å²) in [6, 6.07) is 0. The Morgan fingerprint density at radius 1 is 1.12 bits per heavy atom. The molecule has 3 saturated carbocycles. The van der Waals surface area contributed by atoms with Gasteiger partial charge in [0, 0.05) is 18.9 Å². The Hall–Kier alpha value is -1.36. The molecular weight excluding hydrogens is 402 g/mol. The van der Waals surface area contributed by atoms with Crippen LogP contribution in [0.1, 0.15) is 91.4 Å². The van der Waals surface area contributed by atoms with Gasteiger partial charge in [0.05, 0.1) is 6.10 Å². The van der Waals surface area contributed by atoms with Crippen LogP contribution in [-0.4, -0.2) is 34.7 Å². The number of hydrogen-bond donors (Lipinski definition) is 3. The molecule has 8 atom stereocenters. The number of aliphatic hydroxyl groups excluding tert-OH is 1. The van der Waals surface area contributed by atoms with Gasteiger partial charge in [0.1, 0.15) is 0 Å². The molecule has 0 spiro atoms. The minimum Gasteiger partial charge on any atom is -0.481 e. The molecule has 0 heterocycles.